The molecule has 1 aliphatic rings. The second kappa shape index (κ2) is 8.31. The third kappa shape index (κ3) is 3.63. The Hall–Kier alpha value is -2.40. The summed E-state index contributed by atoms with van der Waals surface area (Å²) in [6.07, 6.45) is 2.54. The fraction of sp³-hybridized carbons (Fsp3) is 0.478. The van der Waals surface area contributed by atoms with Gasteiger partial charge in [0, 0.05) is 24.1 Å². The van der Waals surface area contributed by atoms with Crippen LogP contribution in [0.25, 0.3) is 0 Å². The first kappa shape index (κ1) is 20.3. The molecule has 150 valence electrons. The fourth-order valence-electron chi connectivity index (χ4n) is 4.30. The molecular formula is C23H29NO4. The van der Waals surface area contributed by atoms with E-state index >= 15 is 0 Å². The molecule has 1 aromatic heterocycles. The molecule has 0 saturated heterocycles. The van der Waals surface area contributed by atoms with Crippen LogP contribution in [0.1, 0.15) is 59.5 Å². The number of hydrogen-bond acceptors (Lipinski definition) is 4. The molecule has 3 rings (SSSR count). The Kier molecular flexibility index (Phi) is 6.04. The molecule has 1 aromatic carbocycles. The summed E-state index contributed by atoms with van der Waals surface area (Å²) in [6.45, 7) is 6.29. The Morgan fingerprint density at radius 1 is 1.18 bits per heavy atom. The molecule has 5 heteroatoms. The van der Waals surface area contributed by atoms with Gasteiger partial charge in [-0.3, -0.25) is 9.59 Å². The van der Waals surface area contributed by atoms with E-state index in [1.165, 1.54) is 0 Å². The van der Waals surface area contributed by atoms with Crippen LogP contribution in [0.3, 0.4) is 0 Å². The Morgan fingerprint density at radius 2 is 1.86 bits per heavy atom. The monoisotopic (exact) mass is 383 g/mol. The number of benzene rings is 1. The first-order valence-corrected chi connectivity index (χ1v) is 9.84. The van der Waals surface area contributed by atoms with E-state index < -0.39 is 5.41 Å². The Balaban J connectivity index is 1.71. The summed E-state index contributed by atoms with van der Waals surface area (Å²) in [5.41, 5.74) is 2.87. The van der Waals surface area contributed by atoms with Crippen LogP contribution in [-0.2, 0) is 19.7 Å². The summed E-state index contributed by atoms with van der Waals surface area (Å²) >= 11 is 0. The molecular weight excluding hydrogens is 354 g/mol. The lowest BCUT2D eigenvalue weighted by atomic mass is 9.64. The Morgan fingerprint density at radius 3 is 2.43 bits per heavy atom. The summed E-state index contributed by atoms with van der Waals surface area (Å²) < 4.78 is 12.8. The minimum absolute atomic E-state index is 0.130. The highest BCUT2D eigenvalue weighted by Gasteiger charge is 2.47. The molecule has 0 bridgehead atoms. The Labute approximate surface area is 166 Å². The number of carbonyl (C=O) groups is 2. The van der Waals surface area contributed by atoms with Crippen LogP contribution < -0.4 is 0 Å². The van der Waals surface area contributed by atoms with Crippen LogP contribution in [0.5, 0.6) is 0 Å². The molecule has 1 fully saturated rings. The van der Waals surface area contributed by atoms with E-state index in [9.17, 15) is 9.59 Å². The average molecular weight is 383 g/mol. The zero-order valence-electron chi connectivity index (χ0n) is 17.2. The highest BCUT2D eigenvalue weighted by Crippen LogP contribution is 2.44. The number of esters is 1. The third-order valence-electron chi connectivity index (χ3n) is 5.89. The summed E-state index contributed by atoms with van der Waals surface area (Å²) in [5.74, 6) is -0.459. The highest BCUT2D eigenvalue weighted by atomic mass is 16.5. The zero-order chi connectivity index (χ0) is 20.3. The third-order valence-corrected chi connectivity index (χ3v) is 5.89. The van der Waals surface area contributed by atoms with Crippen molar-refractivity contribution in [1.29, 1.82) is 0 Å². The largest absolute Gasteiger partial charge is 0.457 e. The normalized spacial score (nSPS) is 16.3. The quantitative estimate of drug-likeness (QED) is 0.507. The van der Waals surface area contributed by atoms with Gasteiger partial charge in [-0.15, -0.1) is 0 Å². The molecule has 1 atom stereocenters. The first-order chi connectivity index (χ1) is 13.4. The molecule has 0 spiro atoms. The summed E-state index contributed by atoms with van der Waals surface area (Å²) in [7, 11) is 1.67. The SMILES string of the molecule is COCC(C)n1c(C)cc(C(=O)COC(=O)C2(c3ccccc3)CCC2)c1C. The standard InChI is InChI=1S/C23H29NO4/c1-16-13-20(18(3)24(16)17(2)14-27-4)21(25)15-28-22(26)23(11-8-12-23)19-9-6-5-7-10-19/h5-7,9-10,13,17H,8,11-12,14-15H2,1-4H3. The number of aromatic nitrogens is 1. The van der Waals surface area contributed by atoms with Gasteiger partial charge in [-0.1, -0.05) is 36.8 Å². The van der Waals surface area contributed by atoms with Crippen LogP contribution >= 0.6 is 0 Å². The van der Waals surface area contributed by atoms with Gasteiger partial charge in [0.25, 0.3) is 0 Å². The van der Waals surface area contributed by atoms with Crippen LogP contribution in [0.15, 0.2) is 36.4 Å². The number of Topliss-reactive ketones (excluding diaryl/α,β-unsaturated/α-hetero) is 1. The maximum absolute atomic E-state index is 12.8. The van der Waals surface area contributed by atoms with Gasteiger partial charge in [-0.05, 0) is 45.2 Å². The average Bonchev–Trinajstić information content (AvgIpc) is 2.94. The molecule has 1 saturated carbocycles. The molecule has 0 N–H and O–H groups in total. The molecule has 1 heterocycles. The van der Waals surface area contributed by atoms with Gasteiger partial charge >= 0.3 is 5.97 Å². The lowest BCUT2D eigenvalue weighted by Gasteiger charge is -2.39. The van der Waals surface area contributed by atoms with Crippen molar-refractivity contribution in [3.05, 3.63) is 58.9 Å². The van der Waals surface area contributed by atoms with E-state index in [1.54, 1.807) is 7.11 Å². The summed E-state index contributed by atoms with van der Waals surface area (Å²) in [5, 5.41) is 0. The smallest absolute Gasteiger partial charge is 0.317 e. The van der Waals surface area contributed by atoms with Crippen molar-refractivity contribution < 1.29 is 19.1 Å². The lowest BCUT2D eigenvalue weighted by Crippen LogP contribution is -2.44. The van der Waals surface area contributed by atoms with Gasteiger partial charge in [-0.2, -0.15) is 0 Å². The predicted molar refractivity (Wildman–Crippen MR) is 108 cm³/mol. The molecule has 1 aliphatic carbocycles. The molecule has 5 nitrogen and oxygen atoms in total. The van der Waals surface area contributed by atoms with Gasteiger partial charge in [0.2, 0.25) is 5.78 Å². The number of ketones is 1. The van der Waals surface area contributed by atoms with E-state index in [1.807, 2.05) is 50.2 Å². The van der Waals surface area contributed by atoms with Gasteiger partial charge in [0.05, 0.1) is 18.1 Å². The molecule has 0 amide bonds. The predicted octanol–water partition coefficient (Wildman–Crippen LogP) is 4.16. The van der Waals surface area contributed by atoms with Crippen molar-refractivity contribution in [2.75, 3.05) is 20.3 Å². The van der Waals surface area contributed by atoms with Crippen molar-refractivity contribution in [2.45, 2.75) is 51.5 Å². The van der Waals surface area contributed by atoms with E-state index in [0.29, 0.717) is 12.2 Å². The first-order valence-electron chi connectivity index (χ1n) is 9.84. The minimum atomic E-state index is -0.592. The number of methoxy groups -OCH3 is 1. The second-order valence-corrected chi connectivity index (χ2v) is 7.76. The van der Waals surface area contributed by atoms with Crippen molar-refractivity contribution in [2.24, 2.45) is 0 Å². The number of ether oxygens (including phenoxy) is 2. The van der Waals surface area contributed by atoms with E-state index in [2.05, 4.69) is 11.5 Å². The van der Waals surface area contributed by atoms with Crippen LogP contribution in [0.4, 0.5) is 0 Å². The van der Waals surface area contributed by atoms with Crippen molar-refractivity contribution >= 4 is 11.8 Å². The Bertz CT molecular complexity index is 849. The van der Waals surface area contributed by atoms with Crippen molar-refractivity contribution in [1.82, 2.24) is 4.57 Å². The van der Waals surface area contributed by atoms with Gasteiger partial charge in [0.1, 0.15) is 0 Å². The van der Waals surface area contributed by atoms with E-state index in [4.69, 9.17) is 9.47 Å². The molecule has 0 aliphatic heterocycles. The van der Waals surface area contributed by atoms with Crippen molar-refractivity contribution in [3.63, 3.8) is 0 Å². The second-order valence-electron chi connectivity index (χ2n) is 7.76. The fourth-order valence-corrected chi connectivity index (χ4v) is 4.30. The van der Waals surface area contributed by atoms with Crippen LogP contribution in [0.2, 0.25) is 0 Å². The van der Waals surface area contributed by atoms with Gasteiger partial charge < -0.3 is 14.0 Å². The van der Waals surface area contributed by atoms with Crippen molar-refractivity contribution in [3.8, 4) is 0 Å². The number of aryl methyl sites for hydroxylation is 1. The van der Waals surface area contributed by atoms with E-state index in [-0.39, 0.29) is 24.4 Å². The van der Waals surface area contributed by atoms with Crippen LogP contribution in [0, 0.1) is 13.8 Å². The van der Waals surface area contributed by atoms with E-state index in [0.717, 1.165) is 36.2 Å². The summed E-state index contributed by atoms with van der Waals surface area (Å²) in [4.78, 5) is 25.6. The topological polar surface area (TPSA) is 57.5 Å². The highest BCUT2D eigenvalue weighted by molar-refractivity contribution is 5.99. The zero-order valence-corrected chi connectivity index (χ0v) is 17.2. The molecule has 1 unspecified atom stereocenters. The molecule has 2 aromatic rings. The number of rotatable bonds is 8. The maximum Gasteiger partial charge on any atom is 0.317 e. The van der Waals surface area contributed by atoms with Gasteiger partial charge in [0.15, 0.2) is 6.61 Å². The van der Waals surface area contributed by atoms with Gasteiger partial charge in [-0.25, -0.2) is 0 Å². The maximum atomic E-state index is 12.8. The van der Waals surface area contributed by atoms with Crippen LogP contribution in [-0.4, -0.2) is 36.6 Å². The summed E-state index contributed by atoms with van der Waals surface area (Å²) in [6, 6.07) is 11.7. The number of hydrogen-bond donors (Lipinski definition) is 0. The molecule has 28 heavy (non-hydrogen) atoms. The molecule has 0 radical (unpaired) electrons. The lowest BCUT2D eigenvalue weighted by molar-refractivity contribution is -0.153. The number of nitrogens with zero attached hydrogens (tertiary/aromatic N) is 1. The number of carbonyl (C=O) groups excluding carboxylic acids is 2. The minimum Gasteiger partial charge on any atom is -0.457 e.